The lowest BCUT2D eigenvalue weighted by Gasteiger charge is -2.30. The van der Waals surface area contributed by atoms with E-state index in [-0.39, 0.29) is 17.6 Å². The van der Waals surface area contributed by atoms with Gasteiger partial charge in [0.2, 0.25) is 11.9 Å². The quantitative estimate of drug-likeness (QED) is 0.0523. The molecule has 17 nitrogen and oxygen atoms in total. The molecule has 7 N–H and O–H groups in total. The maximum absolute atomic E-state index is 12.8. The lowest BCUT2D eigenvalue weighted by molar-refractivity contribution is -0.134. The first-order valence-corrected chi connectivity index (χ1v) is 17.0. The van der Waals surface area contributed by atoms with Crippen molar-refractivity contribution in [2.75, 3.05) is 41.8 Å². The summed E-state index contributed by atoms with van der Waals surface area (Å²) in [6.45, 7) is 5.13. The largest absolute Gasteiger partial charge is 0.424 e. The monoisotopic (exact) mass is 673 g/mol. The normalized spacial score (nSPS) is 13.9. The van der Waals surface area contributed by atoms with Crippen LogP contribution in [-0.4, -0.2) is 83.3 Å². The summed E-state index contributed by atoms with van der Waals surface area (Å²) in [5.41, 5.74) is 2.81. The Hall–Kier alpha value is -4.47. The minimum absolute atomic E-state index is 0.0411. The Balaban J connectivity index is 1.47. The second kappa shape index (κ2) is 13.5. The van der Waals surface area contributed by atoms with Crippen molar-refractivity contribution in [2.24, 2.45) is 0 Å². The number of aromatic nitrogens is 4. The van der Waals surface area contributed by atoms with E-state index in [2.05, 4.69) is 37.4 Å². The van der Waals surface area contributed by atoms with Crippen LogP contribution >= 0.6 is 15.2 Å². The number of nitrogens with one attached hydrogen (secondary N) is 3. The SMILES string of the molecule is C=CC(=O)Nc1cccc(-c2nc(Nc3ccc(N4CCOCC4)c(OC(=O)CC(P(=O)(O)O)P(=O)(O)O)c3)nc3[nH]ncc23)c1. The van der Waals surface area contributed by atoms with Crippen LogP contribution in [0.5, 0.6) is 5.75 Å². The predicted molar refractivity (Wildman–Crippen MR) is 167 cm³/mol. The maximum atomic E-state index is 12.8. The van der Waals surface area contributed by atoms with E-state index in [1.807, 2.05) is 4.90 Å². The Morgan fingerprint density at radius 3 is 2.50 bits per heavy atom. The molecule has 4 aromatic rings. The molecule has 242 valence electrons. The van der Waals surface area contributed by atoms with Gasteiger partial charge < -0.3 is 44.6 Å². The van der Waals surface area contributed by atoms with Gasteiger partial charge in [0.25, 0.3) is 0 Å². The Morgan fingerprint density at radius 1 is 1.07 bits per heavy atom. The van der Waals surface area contributed by atoms with E-state index in [4.69, 9.17) is 9.47 Å². The zero-order valence-corrected chi connectivity index (χ0v) is 25.7. The highest BCUT2D eigenvalue weighted by molar-refractivity contribution is 7.70. The smallest absolute Gasteiger partial charge is 0.341 e. The Kier molecular flexibility index (Phi) is 9.65. The lowest BCUT2D eigenvalue weighted by atomic mass is 10.1. The van der Waals surface area contributed by atoms with E-state index in [1.54, 1.807) is 42.6 Å². The second-order valence-electron chi connectivity index (χ2n) is 10.0. The summed E-state index contributed by atoms with van der Waals surface area (Å²) in [5.74, 6) is -1.57. The molecule has 2 aromatic heterocycles. The molecule has 3 heterocycles. The molecule has 2 aromatic carbocycles. The number of anilines is 4. The van der Waals surface area contributed by atoms with Gasteiger partial charge in [0.1, 0.15) is 0 Å². The maximum Gasteiger partial charge on any atom is 0.341 e. The van der Waals surface area contributed by atoms with Crippen LogP contribution in [0.3, 0.4) is 0 Å². The zero-order valence-electron chi connectivity index (χ0n) is 23.9. The number of amides is 1. The molecule has 1 amide bonds. The third-order valence-corrected chi connectivity index (χ3v) is 10.5. The van der Waals surface area contributed by atoms with Crippen molar-refractivity contribution in [3.63, 3.8) is 0 Å². The average Bonchev–Trinajstić information content (AvgIpc) is 3.48. The summed E-state index contributed by atoms with van der Waals surface area (Å²) in [6.07, 6.45) is 1.47. The number of morpholine rings is 1. The first-order chi connectivity index (χ1) is 21.8. The fraction of sp³-hybridized carbons (Fsp3) is 0.222. The molecule has 19 heteroatoms. The van der Waals surface area contributed by atoms with Crippen molar-refractivity contribution in [3.05, 3.63) is 61.3 Å². The van der Waals surface area contributed by atoms with Crippen LogP contribution in [0.2, 0.25) is 0 Å². The van der Waals surface area contributed by atoms with Gasteiger partial charge in [-0.15, -0.1) is 0 Å². The van der Waals surface area contributed by atoms with Gasteiger partial charge in [-0.05, 0) is 30.3 Å². The zero-order chi connectivity index (χ0) is 33.1. The standard InChI is InChI=1S/C27H29N7O10P2/c1-2-22(35)29-17-5-3-4-16(12-17)25-19-15-28-33-26(19)32-27(31-25)30-18-6-7-20(34-8-10-43-11-9-34)21(13-18)44-23(36)14-24(45(37,38)39)46(40,41)42/h2-7,12-13,15,24H,1,8-11,14H2,(H,29,35)(H2,37,38,39)(H2,40,41,42)(H2,28,30,31,32,33). The van der Waals surface area contributed by atoms with Crippen molar-refractivity contribution in [1.82, 2.24) is 20.2 Å². The van der Waals surface area contributed by atoms with E-state index in [1.165, 1.54) is 6.07 Å². The molecule has 1 saturated heterocycles. The van der Waals surface area contributed by atoms with Gasteiger partial charge in [0.05, 0.1) is 42.6 Å². The van der Waals surface area contributed by atoms with Crippen LogP contribution in [0.25, 0.3) is 22.3 Å². The van der Waals surface area contributed by atoms with Crippen molar-refractivity contribution >= 4 is 61.1 Å². The fourth-order valence-electron chi connectivity index (χ4n) is 4.66. The first-order valence-electron chi connectivity index (χ1n) is 13.6. The van der Waals surface area contributed by atoms with Crippen molar-refractivity contribution in [1.29, 1.82) is 0 Å². The number of hydrogen-bond donors (Lipinski definition) is 7. The predicted octanol–water partition coefficient (Wildman–Crippen LogP) is 2.70. The van der Waals surface area contributed by atoms with E-state index in [9.17, 15) is 38.3 Å². The molecular weight excluding hydrogens is 644 g/mol. The number of ether oxygens (including phenoxy) is 2. The highest BCUT2D eigenvalue weighted by Crippen LogP contribution is 2.61. The number of rotatable bonds is 11. The number of benzene rings is 2. The molecule has 46 heavy (non-hydrogen) atoms. The van der Waals surface area contributed by atoms with Crippen LogP contribution < -0.4 is 20.3 Å². The number of esters is 1. The first kappa shape index (κ1) is 32.9. The Morgan fingerprint density at radius 2 is 1.80 bits per heavy atom. The number of nitrogens with zero attached hydrogens (tertiary/aromatic N) is 4. The summed E-state index contributed by atoms with van der Waals surface area (Å²) in [6, 6.07) is 11.7. The molecule has 0 bridgehead atoms. The minimum Gasteiger partial charge on any atom is -0.424 e. The topological polar surface area (TPSA) is 249 Å². The van der Waals surface area contributed by atoms with Crippen LogP contribution in [0.15, 0.2) is 61.3 Å². The molecular formula is C27H29N7O10P2. The fourth-order valence-corrected chi connectivity index (χ4v) is 7.01. The van der Waals surface area contributed by atoms with E-state index < -0.39 is 33.0 Å². The molecule has 0 spiro atoms. The van der Waals surface area contributed by atoms with Gasteiger partial charge in [-0.1, -0.05) is 18.7 Å². The number of fused-ring (bicyclic) bond motifs is 1. The number of hydrogen-bond acceptors (Lipinski definition) is 11. The van der Waals surface area contributed by atoms with Gasteiger partial charge in [-0.25, -0.2) is 4.98 Å². The molecule has 0 aliphatic carbocycles. The van der Waals surface area contributed by atoms with Crippen LogP contribution in [-0.2, 0) is 23.5 Å². The van der Waals surface area contributed by atoms with E-state index in [0.29, 0.717) is 65.7 Å². The Bertz CT molecular complexity index is 1860. The van der Waals surface area contributed by atoms with Crippen molar-refractivity contribution < 1.29 is 47.8 Å². The van der Waals surface area contributed by atoms with Gasteiger partial charge in [0.15, 0.2) is 16.8 Å². The van der Waals surface area contributed by atoms with Gasteiger partial charge in [-0.2, -0.15) is 10.1 Å². The average molecular weight is 674 g/mol. The molecule has 5 rings (SSSR count). The molecule has 0 radical (unpaired) electrons. The summed E-state index contributed by atoms with van der Waals surface area (Å²) in [4.78, 5) is 73.5. The third-order valence-electron chi connectivity index (χ3n) is 6.82. The van der Waals surface area contributed by atoms with Gasteiger partial charge >= 0.3 is 21.2 Å². The number of carbonyl (C=O) groups is 2. The van der Waals surface area contributed by atoms with Crippen LogP contribution in [0.4, 0.5) is 23.0 Å². The summed E-state index contributed by atoms with van der Waals surface area (Å²) < 4.78 is 34.3. The van der Waals surface area contributed by atoms with Gasteiger partial charge in [-0.3, -0.25) is 23.8 Å². The molecule has 0 saturated carbocycles. The molecule has 0 atom stereocenters. The molecule has 1 aliphatic heterocycles. The van der Waals surface area contributed by atoms with Crippen LogP contribution in [0, 0.1) is 0 Å². The van der Waals surface area contributed by atoms with Gasteiger partial charge in [0, 0.05) is 36.1 Å². The lowest BCUT2D eigenvalue weighted by Crippen LogP contribution is -2.36. The Labute approximate surface area is 261 Å². The number of H-pyrrole nitrogens is 1. The summed E-state index contributed by atoms with van der Waals surface area (Å²) in [7, 11) is -10.7. The van der Waals surface area contributed by atoms with Crippen LogP contribution in [0.1, 0.15) is 6.42 Å². The number of aromatic amines is 1. The summed E-state index contributed by atoms with van der Waals surface area (Å²) in [5, 5.41) is 10.7. The molecule has 1 aliphatic rings. The third kappa shape index (κ3) is 7.84. The highest BCUT2D eigenvalue weighted by Gasteiger charge is 2.45. The van der Waals surface area contributed by atoms with Crippen molar-refractivity contribution in [2.45, 2.75) is 11.8 Å². The number of carbonyl (C=O) groups excluding carboxylic acids is 2. The molecule has 0 unspecified atom stereocenters. The minimum atomic E-state index is -5.36. The van der Waals surface area contributed by atoms with E-state index in [0.717, 1.165) is 6.08 Å². The van der Waals surface area contributed by atoms with E-state index >= 15 is 0 Å². The highest BCUT2D eigenvalue weighted by atomic mass is 31.2. The second-order valence-corrected chi connectivity index (χ2v) is 14.1. The summed E-state index contributed by atoms with van der Waals surface area (Å²) >= 11 is 0. The van der Waals surface area contributed by atoms with Crippen molar-refractivity contribution in [3.8, 4) is 17.0 Å². The molecule has 1 fully saturated rings.